The highest BCUT2D eigenvalue weighted by atomic mass is 16.5. The maximum absolute atomic E-state index is 12.1. The second-order valence-electron chi connectivity index (χ2n) is 6.53. The quantitative estimate of drug-likeness (QED) is 0.612. The van der Waals surface area contributed by atoms with Crippen molar-refractivity contribution >= 4 is 18.0 Å². The highest BCUT2D eigenvalue weighted by Crippen LogP contribution is 2.28. The summed E-state index contributed by atoms with van der Waals surface area (Å²) in [4.78, 5) is 12.1. The van der Waals surface area contributed by atoms with Crippen molar-refractivity contribution in [2.45, 2.75) is 20.3 Å². The average molecular weight is 393 g/mol. The maximum atomic E-state index is 12.1. The smallest absolute Gasteiger partial charge is 0.322 e. The SMILES string of the molecule is COc1ccc(/C=C/C(=O)Nc2nnc(Cc3ccc(C)c(C)c3)o2)cc1OC. The largest absolute Gasteiger partial charge is 0.493 e. The number of anilines is 1. The minimum absolute atomic E-state index is 0.0609. The summed E-state index contributed by atoms with van der Waals surface area (Å²) in [6.45, 7) is 4.12. The van der Waals surface area contributed by atoms with Gasteiger partial charge in [-0.05, 0) is 54.3 Å². The van der Waals surface area contributed by atoms with Crippen LogP contribution in [0.5, 0.6) is 11.5 Å². The van der Waals surface area contributed by atoms with Crippen molar-refractivity contribution in [1.82, 2.24) is 10.2 Å². The summed E-state index contributed by atoms with van der Waals surface area (Å²) in [6.07, 6.45) is 3.55. The molecule has 0 saturated carbocycles. The molecule has 0 aliphatic heterocycles. The Bertz CT molecular complexity index is 1040. The third-order valence-corrected chi connectivity index (χ3v) is 4.46. The summed E-state index contributed by atoms with van der Waals surface area (Å²) in [5, 5.41) is 10.4. The molecule has 0 radical (unpaired) electrons. The number of nitrogens with zero attached hydrogens (tertiary/aromatic N) is 2. The molecule has 0 bridgehead atoms. The van der Waals surface area contributed by atoms with Crippen molar-refractivity contribution in [3.63, 3.8) is 0 Å². The van der Waals surface area contributed by atoms with E-state index in [9.17, 15) is 4.79 Å². The van der Waals surface area contributed by atoms with Crippen LogP contribution in [0.1, 0.15) is 28.1 Å². The third-order valence-electron chi connectivity index (χ3n) is 4.46. The lowest BCUT2D eigenvalue weighted by atomic mass is 10.0. The zero-order valence-electron chi connectivity index (χ0n) is 16.9. The van der Waals surface area contributed by atoms with E-state index in [4.69, 9.17) is 13.9 Å². The number of carbonyl (C=O) groups is 1. The minimum Gasteiger partial charge on any atom is -0.493 e. The zero-order valence-corrected chi connectivity index (χ0v) is 16.9. The van der Waals surface area contributed by atoms with Crippen molar-refractivity contribution in [1.29, 1.82) is 0 Å². The van der Waals surface area contributed by atoms with E-state index in [1.807, 2.05) is 12.1 Å². The zero-order chi connectivity index (χ0) is 20.8. The van der Waals surface area contributed by atoms with Crippen molar-refractivity contribution in [2.24, 2.45) is 0 Å². The Morgan fingerprint density at radius 3 is 2.55 bits per heavy atom. The molecule has 1 heterocycles. The summed E-state index contributed by atoms with van der Waals surface area (Å²) in [5.74, 6) is 1.27. The monoisotopic (exact) mass is 393 g/mol. The van der Waals surface area contributed by atoms with E-state index >= 15 is 0 Å². The van der Waals surface area contributed by atoms with E-state index in [1.54, 1.807) is 32.4 Å². The number of rotatable bonds is 7. The highest BCUT2D eigenvalue weighted by molar-refractivity contribution is 6.00. The summed E-state index contributed by atoms with van der Waals surface area (Å²) >= 11 is 0. The Hall–Kier alpha value is -3.61. The van der Waals surface area contributed by atoms with Gasteiger partial charge < -0.3 is 13.9 Å². The van der Waals surface area contributed by atoms with Crippen molar-refractivity contribution in [3.8, 4) is 11.5 Å². The number of aryl methyl sites for hydroxylation is 2. The number of methoxy groups -OCH3 is 2. The van der Waals surface area contributed by atoms with Gasteiger partial charge >= 0.3 is 6.01 Å². The second kappa shape index (κ2) is 9.05. The Balaban J connectivity index is 1.61. The molecular formula is C22H23N3O4. The van der Waals surface area contributed by atoms with E-state index in [0.29, 0.717) is 23.8 Å². The van der Waals surface area contributed by atoms with Crippen LogP contribution in [0.3, 0.4) is 0 Å². The van der Waals surface area contributed by atoms with Crippen molar-refractivity contribution < 1.29 is 18.7 Å². The van der Waals surface area contributed by atoms with Crippen molar-refractivity contribution in [3.05, 3.63) is 70.6 Å². The van der Waals surface area contributed by atoms with Gasteiger partial charge in [-0.15, -0.1) is 5.10 Å². The van der Waals surface area contributed by atoms with Gasteiger partial charge in [-0.3, -0.25) is 10.1 Å². The Morgan fingerprint density at radius 1 is 1.03 bits per heavy atom. The van der Waals surface area contributed by atoms with Crippen molar-refractivity contribution in [2.75, 3.05) is 19.5 Å². The van der Waals surface area contributed by atoms with E-state index in [0.717, 1.165) is 11.1 Å². The number of hydrogen-bond acceptors (Lipinski definition) is 6. The number of aromatic nitrogens is 2. The van der Waals surface area contributed by atoms with E-state index in [1.165, 1.54) is 17.2 Å². The van der Waals surface area contributed by atoms with Crippen LogP contribution >= 0.6 is 0 Å². The topological polar surface area (TPSA) is 86.5 Å². The standard InChI is InChI=1S/C22H23N3O4/c1-14-5-6-17(11-15(14)2)13-21-24-25-22(29-21)23-20(26)10-8-16-7-9-18(27-3)19(12-16)28-4/h5-12H,13H2,1-4H3,(H,23,25,26)/b10-8+. The molecule has 0 saturated heterocycles. The van der Waals surface area contributed by atoms with Crippen LogP contribution in [0.2, 0.25) is 0 Å². The maximum Gasteiger partial charge on any atom is 0.322 e. The second-order valence-corrected chi connectivity index (χ2v) is 6.53. The number of ether oxygens (including phenoxy) is 2. The third kappa shape index (κ3) is 5.22. The van der Waals surface area contributed by atoms with Gasteiger partial charge in [0.25, 0.3) is 5.91 Å². The number of benzene rings is 2. The van der Waals surface area contributed by atoms with Gasteiger partial charge in [-0.2, -0.15) is 0 Å². The average Bonchev–Trinajstić information content (AvgIpc) is 3.15. The summed E-state index contributed by atoms with van der Waals surface area (Å²) in [6, 6.07) is 11.6. The highest BCUT2D eigenvalue weighted by Gasteiger charge is 2.10. The first kappa shape index (κ1) is 20.1. The Kier molecular flexibility index (Phi) is 6.29. The van der Waals surface area contributed by atoms with Gasteiger partial charge in [0.15, 0.2) is 11.5 Å². The van der Waals surface area contributed by atoms with Gasteiger partial charge in [0.2, 0.25) is 5.89 Å². The molecular weight excluding hydrogens is 370 g/mol. The number of nitrogens with one attached hydrogen (secondary N) is 1. The number of hydrogen-bond donors (Lipinski definition) is 1. The van der Waals surface area contributed by atoms with E-state index < -0.39 is 0 Å². The molecule has 1 amide bonds. The Morgan fingerprint density at radius 2 is 1.83 bits per heavy atom. The molecule has 0 atom stereocenters. The van der Waals surface area contributed by atoms with Crippen LogP contribution in [0.4, 0.5) is 6.01 Å². The first-order valence-corrected chi connectivity index (χ1v) is 9.08. The van der Waals surface area contributed by atoms with E-state index in [-0.39, 0.29) is 11.9 Å². The molecule has 7 nitrogen and oxygen atoms in total. The fourth-order valence-corrected chi connectivity index (χ4v) is 2.74. The van der Waals surface area contributed by atoms with Crippen LogP contribution in [0, 0.1) is 13.8 Å². The van der Waals surface area contributed by atoms with Crippen LogP contribution < -0.4 is 14.8 Å². The molecule has 0 aliphatic carbocycles. The molecule has 0 fully saturated rings. The van der Waals surface area contributed by atoms with E-state index in [2.05, 4.69) is 41.5 Å². The molecule has 29 heavy (non-hydrogen) atoms. The molecule has 1 N–H and O–H groups in total. The molecule has 0 unspecified atom stereocenters. The van der Waals surface area contributed by atoms with Gasteiger partial charge in [-0.25, -0.2) is 0 Å². The predicted molar refractivity (Wildman–Crippen MR) is 110 cm³/mol. The molecule has 1 aromatic heterocycles. The molecule has 3 aromatic rings. The first-order valence-electron chi connectivity index (χ1n) is 9.08. The Labute approximate surface area is 169 Å². The lowest BCUT2D eigenvalue weighted by Crippen LogP contribution is -2.07. The van der Waals surface area contributed by atoms with Crippen LogP contribution in [-0.2, 0) is 11.2 Å². The minimum atomic E-state index is -0.374. The molecule has 150 valence electrons. The molecule has 0 aliphatic rings. The number of amides is 1. The van der Waals surface area contributed by atoms with Crippen LogP contribution in [-0.4, -0.2) is 30.3 Å². The van der Waals surface area contributed by atoms with Crippen LogP contribution in [0.15, 0.2) is 46.9 Å². The van der Waals surface area contributed by atoms with Gasteiger partial charge in [0.1, 0.15) is 0 Å². The van der Waals surface area contributed by atoms with Gasteiger partial charge in [0.05, 0.1) is 20.6 Å². The van der Waals surface area contributed by atoms with Gasteiger partial charge in [-0.1, -0.05) is 29.4 Å². The van der Waals surface area contributed by atoms with Crippen LogP contribution in [0.25, 0.3) is 6.08 Å². The predicted octanol–water partition coefficient (Wildman–Crippen LogP) is 3.95. The summed E-state index contributed by atoms with van der Waals surface area (Å²) in [7, 11) is 3.13. The summed E-state index contributed by atoms with van der Waals surface area (Å²) in [5.41, 5.74) is 4.30. The number of carbonyl (C=O) groups excluding carboxylic acids is 1. The molecule has 2 aromatic carbocycles. The fourth-order valence-electron chi connectivity index (χ4n) is 2.74. The lowest BCUT2D eigenvalue weighted by molar-refractivity contribution is -0.112. The fraction of sp³-hybridized carbons (Fsp3) is 0.227. The molecule has 0 spiro atoms. The lowest BCUT2D eigenvalue weighted by Gasteiger charge is -2.07. The summed E-state index contributed by atoms with van der Waals surface area (Å²) < 4.78 is 16.0. The molecule has 7 heteroatoms. The molecule has 3 rings (SSSR count). The van der Waals surface area contributed by atoms with Gasteiger partial charge in [0, 0.05) is 6.08 Å². The normalized spacial score (nSPS) is 10.9. The first-order chi connectivity index (χ1) is 14.0.